The van der Waals surface area contributed by atoms with Crippen LogP contribution in [-0.2, 0) is 9.53 Å². The van der Waals surface area contributed by atoms with Gasteiger partial charge in [-0.25, -0.2) is 4.79 Å². The molecule has 4 atom stereocenters. The fourth-order valence-electron chi connectivity index (χ4n) is 3.11. The summed E-state index contributed by atoms with van der Waals surface area (Å²) in [6.07, 6.45) is 4.34. The molecule has 0 aliphatic heterocycles. The van der Waals surface area contributed by atoms with E-state index >= 15 is 0 Å². The molecule has 1 N–H and O–H groups in total. The number of carboxylic acids is 1. The van der Waals surface area contributed by atoms with Crippen molar-refractivity contribution < 1.29 is 19.4 Å². The molecule has 2 rings (SSSR count). The van der Waals surface area contributed by atoms with Crippen LogP contribution in [0.15, 0.2) is 12.2 Å². The monoisotopic (exact) mass is 267 g/mol. The molecule has 2 aliphatic rings. The van der Waals surface area contributed by atoms with Crippen LogP contribution in [0.2, 0.25) is 0 Å². The molecule has 0 radical (unpaired) electrons. The first kappa shape index (κ1) is 13.9. The maximum atomic E-state index is 12.1. The van der Waals surface area contributed by atoms with Crippen molar-refractivity contribution >= 4 is 12.1 Å². The van der Waals surface area contributed by atoms with Gasteiger partial charge in [-0.15, -0.1) is 0 Å². The van der Waals surface area contributed by atoms with Gasteiger partial charge in [0.25, 0.3) is 0 Å². The van der Waals surface area contributed by atoms with E-state index in [4.69, 9.17) is 4.74 Å². The van der Waals surface area contributed by atoms with Crippen LogP contribution in [0.4, 0.5) is 4.79 Å². The largest absolute Gasteiger partial charge is 0.481 e. The molecule has 0 heterocycles. The second-order valence-corrected chi connectivity index (χ2v) is 6.39. The third-order valence-corrected chi connectivity index (χ3v) is 3.83. The molecule has 5 heteroatoms. The number of ether oxygens (including phenoxy) is 1. The lowest BCUT2D eigenvalue weighted by molar-refractivity contribution is -0.144. The summed E-state index contributed by atoms with van der Waals surface area (Å²) < 4.78 is 5.32. The van der Waals surface area contributed by atoms with Gasteiger partial charge in [-0.3, -0.25) is 4.79 Å². The van der Waals surface area contributed by atoms with Gasteiger partial charge >= 0.3 is 12.1 Å². The first-order chi connectivity index (χ1) is 8.70. The molecule has 106 valence electrons. The molecule has 5 nitrogen and oxygen atoms in total. The number of allylic oxidation sites excluding steroid dienone is 1. The van der Waals surface area contributed by atoms with Gasteiger partial charge in [0.15, 0.2) is 0 Å². The molecule has 0 aromatic heterocycles. The summed E-state index contributed by atoms with van der Waals surface area (Å²) >= 11 is 0. The lowest BCUT2D eigenvalue weighted by Crippen LogP contribution is -2.48. The molecular formula is C14H21NO4. The number of hydrogen-bond donors (Lipinski definition) is 1. The minimum Gasteiger partial charge on any atom is -0.481 e. The normalized spacial score (nSPS) is 32.4. The highest BCUT2D eigenvalue weighted by Gasteiger charge is 2.51. The van der Waals surface area contributed by atoms with Crippen molar-refractivity contribution in [2.24, 2.45) is 17.8 Å². The first-order valence-electron chi connectivity index (χ1n) is 6.57. The zero-order chi connectivity index (χ0) is 14.4. The average Bonchev–Trinajstić information content (AvgIpc) is 2.84. The number of carbonyl (C=O) groups is 2. The van der Waals surface area contributed by atoms with Crippen molar-refractivity contribution in [1.29, 1.82) is 0 Å². The number of carboxylic acid groups (broad SMARTS) is 1. The fraction of sp³-hybridized carbons (Fsp3) is 0.714. The van der Waals surface area contributed by atoms with E-state index in [1.165, 1.54) is 4.90 Å². The van der Waals surface area contributed by atoms with Crippen molar-refractivity contribution in [2.75, 3.05) is 7.05 Å². The minimum absolute atomic E-state index is 0.0392. The van der Waals surface area contributed by atoms with Crippen LogP contribution in [-0.4, -0.2) is 40.8 Å². The van der Waals surface area contributed by atoms with Gasteiger partial charge in [-0.2, -0.15) is 0 Å². The summed E-state index contributed by atoms with van der Waals surface area (Å²) in [6.45, 7) is 5.40. The van der Waals surface area contributed by atoms with Crippen molar-refractivity contribution in [3.05, 3.63) is 12.2 Å². The van der Waals surface area contributed by atoms with E-state index in [9.17, 15) is 14.7 Å². The highest BCUT2D eigenvalue weighted by Crippen LogP contribution is 2.46. The third kappa shape index (κ3) is 2.60. The lowest BCUT2D eigenvalue weighted by Gasteiger charge is -2.34. The zero-order valence-corrected chi connectivity index (χ0v) is 11.8. The molecule has 1 amide bonds. The SMILES string of the molecule is CN(C(=O)OC(C)(C)C)[C@H]1[C@@H](C(=O)O)[C@@H]2C=C[C@H]1C2. The summed E-state index contributed by atoms with van der Waals surface area (Å²) in [5.41, 5.74) is -0.572. The Labute approximate surface area is 113 Å². The molecule has 0 unspecified atom stereocenters. The zero-order valence-electron chi connectivity index (χ0n) is 11.8. The van der Waals surface area contributed by atoms with E-state index in [0.717, 1.165) is 6.42 Å². The Morgan fingerprint density at radius 3 is 2.37 bits per heavy atom. The van der Waals surface area contributed by atoms with Gasteiger partial charge in [0.05, 0.1) is 12.0 Å². The van der Waals surface area contributed by atoms with Crippen LogP contribution in [0.3, 0.4) is 0 Å². The minimum atomic E-state index is -0.836. The van der Waals surface area contributed by atoms with E-state index in [2.05, 4.69) is 0 Å². The number of nitrogens with zero attached hydrogens (tertiary/aromatic N) is 1. The Morgan fingerprint density at radius 2 is 1.84 bits per heavy atom. The third-order valence-electron chi connectivity index (χ3n) is 3.83. The number of rotatable bonds is 2. The van der Waals surface area contributed by atoms with E-state index < -0.39 is 23.6 Å². The summed E-state index contributed by atoms with van der Waals surface area (Å²) in [6, 6.07) is -0.303. The molecule has 0 aromatic rings. The number of hydrogen-bond acceptors (Lipinski definition) is 3. The number of amides is 1. The number of fused-ring (bicyclic) bond motifs is 2. The van der Waals surface area contributed by atoms with Gasteiger partial charge in [-0.1, -0.05) is 12.2 Å². The molecule has 1 saturated carbocycles. The summed E-state index contributed by atoms with van der Waals surface area (Å²) in [5.74, 6) is -1.19. The predicted octanol–water partition coefficient (Wildman–Crippen LogP) is 2.13. The molecule has 0 spiro atoms. The van der Waals surface area contributed by atoms with E-state index in [-0.39, 0.29) is 17.9 Å². The van der Waals surface area contributed by atoms with Crippen LogP contribution < -0.4 is 0 Å². The summed E-state index contributed by atoms with van der Waals surface area (Å²) in [5, 5.41) is 9.36. The van der Waals surface area contributed by atoms with Gasteiger partial charge in [0, 0.05) is 7.05 Å². The smallest absolute Gasteiger partial charge is 0.410 e. The van der Waals surface area contributed by atoms with Crippen LogP contribution >= 0.6 is 0 Å². The Morgan fingerprint density at radius 1 is 1.26 bits per heavy atom. The maximum absolute atomic E-state index is 12.1. The van der Waals surface area contributed by atoms with Crippen molar-refractivity contribution in [2.45, 2.75) is 38.8 Å². The van der Waals surface area contributed by atoms with Crippen LogP contribution in [0.5, 0.6) is 0 Å². The molecule has 2 aliphatic carbocycles. The molecule has 19 heavy (non-hydrogen) atoms. The van der Waals surface area contributed by atoms with Crippen LogP contribution in [0.1, 0.15) is 27.2 Å². The standard InChI is InChI=1S/C14H21NO4/c1-14(2,3)19-13(18)15(4)11-9-6-5-8(7-9)10(11)12(16)17/h5-6,8-11H,7H2,1-4H3,(H,16,17)/t8-,9+,10+,11-/m1/s1. The van der Waals surface area contributed by atoms with Crippen LogP contribution in [0.25, 0.3) is 0 Å². The van der Waals surface area contributed by atoms with Crippen LogP contribution in [0, 0.1) is 17.8 Å². The maximum Gasteiger partial charge on any atom is 0.410 e. The van der Waals surface area contributed by atoms with Crippen molar-refractivity contribution in [3.8, 4) is 0 Å². The van der Waals surface area contributed by atoms with E-state index in [1.807, 2.05) is 12.2 Å². The Kier molecular flexibility index (Phi) is 3.32. The quantitative estimate of drug-likeness (QED) is 0.778. The van der Waals surface area contributed by atoms with E-state index in [0.29, 0.717) is 0 Å². The highest BCUT2D eigenvalue weighted by molar-refractivity contribution is 5.75. The Balaban J connectivity index is 2.14. The predicted molar refractivity (Wildman–Crippen MR) is 69.6 cm³/mol. The van der Waals surface area contributed by atoms with Gasteiger partial charge in [0.1, 0.15) is 5.60 Å². The molecule has 2 bridgehead atoms. The summed E-state index contributed by atoms with van der Waals surface area (Å²) in [7, 11) is 1.63. The lowest BCUT2D eigenvalue weighted by atomic mass is 9.88. The Hall–Kier alpha value is -1.52. The van der Waals surface area contributed by atoms with Gasteiger partial charge in [-0.05, 0) is 39.0 Å². The van der Waals surface area contributed by atoms with Gasteiger partial charge < -0.3 is 14.7 Å². The summed E-state index contributed by atoms with van der Waals surface area (Å²) in [4.78, 5) is 24.9. The number of aliphatic carboxylic acids is 1. The van der Waals surface area contributed by atoms with E-state index in [1.54, 1.807) is 27.8 Å². The molecule has 0 saturated heterocycles. The van der Waals surface area contributed by atoms with Gasteiger partial charge in [0.2, 0.25) is 0 Å². The Bertz CT molecular complexity index is 424. The second-order valence-electron chi connectivity index (χ2n) is 6.39. The molecular weight excluding hydrogens is 246 g/mol. The second kappa shape index (κ2) is 4.54. The van der Waals surface area contributed by atoms with Crippen molar-refractivity contribution in [3.63, 3.8) is 0 Å². The first-order valence-corrected chi connectivity index (χ1v) is 6.57. The highest BCUT2D eigenvalue weighted by atomic mass is 16.6. The van der Waals surface area contributed by atoms with Crippen molar-refractivity contribution in [1.82, 2.24) is 4.90 Å². The molecule has 1 fully saturated rings. The average molecular weight is 267 g/mol. The topological polar surface area (TPSA) is 66.8 Å². The molecule has 0 aromatic carbocycles. The fourth-order valence-corrected chi connectivity index (χ4v) is 3.11. The number of carbonyl (C=O) groups excluding carboxylic acids is 1.